The molecule has 0 aliphatic carbocycles. The zero-order valence-corrected chi connectivity index (χ0v) is 10.6. The van der Waals surface area contributed by atoms with E-state index in [-0.39, 0.29) is 23.5 Å². The van der Waals surface area contributed by atoms with Crippen LogP contribution >= 0.6 is 0 Å². The van der Waals surface area contributed by atoms with Crippen molar-refractivity contribution in [1.82, 2.24) is 20.7 Å². The highest BCUT2D eigenvalue weighted by Crippen LogP contribution is 2.32. The normalized spacial score (nSPS) is 17.8. The summed E-state index contributed by atoms with van der Waals surface area (Å²) >= 11 is 0. The molecule has 1 aromatic heterocycles. The average Bonchev–Trinajstić information content (AvgIpc) is 2.91. The van der Waals surface area contributed by atoms with E-state index < -0.39 is 0 Å². The van der Waals surface area contributed by atoms with Crippen molar-refractivity contribution in [2.24, 2.45) is 0 Å². The second kappa shape index (κ2) is 5.28. The number of halogens is 1. The van der Waals surface area contributed by atoms with E-state index in [1.54, 1.807) is 6.07 Å². The fourth-order valence-electron chi connectivity index (χ4n) is 2.24. The van der Waals surface area contributed by atoms with E-state index in [2.05, 4.69) is 20.7 Å². The molecule has 0 unspecified atom stereocenters. The number of rotatable bonds is 2. The Kier molecular flexibility index (Phi) is 3.32. The van der Waals surface area contributed by atoms with Crippen molar-refractivity contribution in [3.63, 3.8) is 0 Å². The molecule has 2 N–H and O–H groups in total. The number of carbonyl (C=O) groups is 1. The number of benzene rings is 1. The van der Waals surface area contributed by atoms with Crippen molar-refractivity contribution in [2.45, 2.75) is 18.9 Å². The lowest BCUT2D eigenvalue weighted by atomic mass is 10.0. The van der Waals surface area contributed by atoms with Crippen LogP contribution in [-0.4, -0.2) is 27.9 Å². The van der Waals surface area contributed by atoms with E-state index in [9.17, 15) is 9.18 Å². The third-order valence-corrected chi connectivity index (χ3v) is 3.19. The SMILES string of the molecule is O=C(N[C@H]1CCCOc2ccc(F)cc21)c1cn[nH]n1. The predicted molar refractivity (Wildman–Crippen MR) is 67.7 cm³/mol. The van der Waals surface area contributed by atoms with Gasteiger partial charge in [0.05, 0.1) is 18.8 Å². The molecule has 1 amide bonds. The fourth-order valence-corrected chi connectivity index (χ4v) is 2.24. The number of ether oxygens (including phenoxy) is 1. The van der Waals surface area contributed by atoms with Gasteiger partial charge in [-0.1, -0.05) is 0 Å². The molecule has 0 saturated heterocycles. The van der Waals surface area contributed by atoms with Crippen molar-refractivity contribution in [1.29, 1.82) is 0 Å². The van der Waals surface area contributed by atoms with E-state index in [1.165, 1.54) is 18.3 Å². The Hall–Kier alpha value is -2.44. The molecule has 7 heteroatoms. The molecule has 1 aromatic carbocycles. The quantitative estimate of drug-likeness (QED) is 0.873. The minimum Gasteiger partial charge on any atom is -0.493 e. The number of nitrogens with zero attached hydrogens (tertiary/aromatic N) is 2. The molecule has 1 aliphatic heterocycles. The number of nitrogens with one attached hydrogen (secondary N) is 2. The lowest BCUT2D eigenvalue weighted by Crippen LogP contribution is -2.28. The second-order valence-electron chi connectivity index (χ2n) is 4.55. The van der Waals surface area contributed by atoms with Gasteiger partial charge in [-0.25, -0.2) is 4.39 Å². The maximum absolute atomic E-state index is 13.4. The molecule has 0 radical (unpaired) electrons. The zero-order chi connectivity index (χ0) is 13.9. The fraction of sp³-hybridized carbons (Fsp3) is 0.308. The minimum atomic E-state index is -0.352. The summed E-state index contributed by atoms with van der Waals surface area (Å²) in [5, 5.41) is 12.5. The van der Waals surface area contributed by atoms with E-state index >= 15 is 0 Å². The number of hydrogen-bond acceptors (Lipinski definition) is 4. The molecule has 6 nitrogen and oxygen atoms in total. The molecule has 0 spiro atoms. The Labute approximate surface area is 114 Å². The first-order chi connectivity index (χ1) is 9.74. The number of carbonyl (C=O) groups excluding carboxylic acids is 1. The topological polar surface area (TPSA) is 79.9 Å². The van der Waals surface area contributed by atoms with Crippen LogP contribution in [0.4, 0.5) is 4.39 Å². The molecular weight excluding hydrogens is 263 g/mol. The predicted octanol–water partition coefficient (Wildman–Crippen LogP) is 1.59. The first-order valence-corrected chi connectivity index (χ1v) is 6.33. The summed E-state index contributed by atoms with van der Waals surface area (Å²) in [5.74, 6) is -0.0925. The number of aromatic amines is 1. The van der Waals surface area contributed by atoms with E-state index in [0.29, 0.717) is 24.3 Å². The van der Waals surface area contributed by atoms with Gasteiger partial charge in [0.2, 0.25) is 0 Å². The molecule has 0 saturated carbocycles. The van der Waals surface area contributed by atoms with Crippen LogP contribution in [0, 0.1) is 5.82 Å². The standard InChI is InChI=1S/C13H13FN4O2/c14-8-3-4-12-9(6-8)10(2-1-5-20-12)16-13(19)11-7-15-18-17-11/h3-4,6-7,10H,1-2,5H2,(H,16,19)(H,15,17,18)/t10-/m0/s1. The second-order valence-corrected chi connectivity index (χ2v) is 4.55. The summed E-state index contributed by atoms with van der Waals surface area (Å²) in [6, 6.07) is 4.03. The van der Waals surface area contributed by atoms with Gasteiger partial charge in [0.25, 0.3) is 5.91 Å². The van der Waals surface area contributed by atoms with E-state index in [1.807, 2.05) is 0 Å². The average molecular weight is 276 g/mol. The Morgan fingerprint density at radius 3 is 3.20 bits per heavy atom. The first-order valence-electron chi connectivity index (χ1n) is 6.33. The largest absolute Gasteiger partial charge is 0.493 e. The number of hydrogen-bond donors (Lipinski definition) is 2. The highest BCUT2D eigenvalue weighted by molar-refractivity contribution is 5.92. The maximum Gasteiger partial charge on any atom is 0.273 e. The van der Waals surface area contributed by atoms with Crippen molar-refractivity contribution in [2.75, 3.05) is 6.61 Å². The van der Waals surface area contributed by atoms with Crippen molar-refractivity contribution >= 4 is 5.91 Å². The number of fused-ring (bicyclic) bond motifs is 1. The molecule has 1 atom stereocenters. The van der Waals surface area contributed by atoms with Gasteiger partial charge in [-0.05, 0) is 31.0 Å². The number of amides is 1. The van der Waals surface area contributed by atoms with Gasteiger partial charge in [0, 0.05) is 5.56 Å². The molecule has 104 valence electrons. The highest BCUT2D eigenvalue weighted by Gasteiger charge is 2.23. The summed E-state index contributed by atoms with van der Waals surface area (Å²) in [5.41, 5.74) is 0.854. The van der Waals surface area contributed by atoms with Gasteiger partial charge in [-0.3, -0.25) is 4.79 Å². The Morgan fingerprint density at radius 1 is 1.50 bits per heavy atom. The van der Waals surface area contributed by atoms with E-state index in [4.69, 9.17) is 4.74 Å². The van der Waals surface area contributed by atoms with Crippen LogP contribution in [0.25, 0.3) is 0 Å². The molecule has 0 fully saturated rings. The van der Waals surface area contributed by atoms with E-state index in [0.717, 1.165) is 6.42 Å². The lowest BCUT2D eigenvalue weighted by molar-refractivity contribution is 0.0929. The van der Waals surface area contributed by atoms with Gasteiger partial charge >= 0.3 is 0 Å². The lowest BCUT2D eigenvalue weighted by Gasteiger charge is -2.17. The summed E-state index contributed by atoms with van der Waals surface area (Å²) in [4.78, 5) is 12.0. The summed E-state index contributed by atoms with van der Waals surface area (Å²) in [6.07, 6.45) is 2.80. The molecule has 20 heavy (non-hydrogen) atoms. The maximum atomic E-state index is 13.4. The van der Waals surface area contributed by atoms with Gasteiger partial charge in [-0.2, -0.15) is 15.4 Å². The van der Waals surface area contributed by atoms with Crippen molar-refractivity contribution in [3.8, 4) is 5.75 Å². The Bertz CT molecular complexity index is 615. The molecule has 0 bridgehead atoms. The molecule has 2 heterocycles. The summed E-state index contributed by atoms with van der Waals surface area (Å²) in [7, 11) is 0. The number of aromatic nitrogens is 3. The molecule has 2 aromatic rings. The van der Waals surface area contributed by atoms with Crippen LogP contribution < -0.4 is 10.1 Å². The summed E-state index contributed by atoms with van der Waals surface area (Å²) in [6.45, 7) is 0.551. The van der Waals surface area contributed by atoms with Gasteiger partial charge in [0.15, 0.2) is 5.69 Å². The van der Waals surface area contributed by atoms with Crippen molar-refractivity contribution in [3.05, 3.63) is 41.5 Å². The monoisotopic (exact) mass is 276 g/mol. The third kappa shape index (κ3) is 2.47. The Balaban J connectivity index is 1.86. The van der Waals surface area contributed by atoms with Crippen LogP contribution in [0.3, 0.4) is 0 Å². The Morgan fingerprint density at radius 2 is 2.40 bits per heavy atom. The van der Waals surface area contributed by atoms with Crippen LogP contribution in [0.1, 0.15) is 34.9 Å². The molecule has 3 rings (SSSR count). The van der Waals surface area contributed by atoms with Crippen LogP contribution in [-0.2, 0) is 0 Å². The highest BCUT2D eigenvalue weighted by atomic mass is 19.1. The van der Waals surface area contributed by atoms with Crippen molar-refractivity contribution < 1.29 is 13.9 Å². The zero-order valence-electron chi connectivity index (χ0n) is 10.6. The van der Waals surface area contributed by atoms with Crippen LogP contribution in [0.2, 0.25) is 0 Å². The van der Waals surface area contributed by atoms with Crippen LogP contribution in [0.5, 0.6) is 5.75 Å². The number of H-pyrrole nitrogens is 1. The minimum absolute atomic E-state index is 0.202. The smallest absolute Gasteiger partial charge is 0.273 e. The van der Waals surface area contributed by atoms with Crippen LogP contribution in [0.15, 0.2) is 24.4 Å². The van der Waals surface area contributed by atoms with Gasteiger partial charge in [0.1, 0.15) is 11.6 Å². The first kappa shape index (κ1) is 12.6. The van der Waals surface area contributed by atoms with Gasteiger partial charge < -0.3 is 10.1 Å². The van der Waals surface area contributed by atoms with Gasteiger partial charge in [-0.15, -0.1) is 0 Å². The molecular formula is C13H13FN4O2. The summed E-state index contributed by atoms with van der Waals surface area (Å²) < 4.78 is 19.0. The third-order valence-electron chi connectivity index (χ3n) is 3.19. The molecule has 1 aliphatic rings.